The number of amides is 1. The first-order valence-electron chi connectivity index (χ1n) is 11.4. The van der Waals surface area contributed by atoms with Crippen LogP contribution in [0.25, 0.3) is 0 Å². The summed E-state index contributed by atoms with van der Waals surface area (Å²) in [7, 11) is 4.19. The average Bonchev–Trinajstić information content (AvgIpc) is 2.86. The second-order valence-corrected chi connectivity index (χ2v) is 8.07. The largest absolute Gasteiger partial charge is 0.493 e. The standard InChI is InChI=1S/C28H31NO7/c1-7-35-24-9-8-19(13-20(24)16-36-21-11-17(2)10-18(3)12-21)27(30)29-23-15-26(33-5)25(32-4)14-22(23)28(31)34-6/h8-15H,7,16H2,1-6H3,(H,29,30). The van der Waals surface area contributed by atoms with Crippen LogP contribution in [0.3, 0.4) is 0 Å². The van der Waals surface area contributed by atoms with Crippen LogP contribution in [0.4, 0.5) is 5.69 Å². The molecule has 3 aromatic carbocycles. The number of anilines is 1. The second kappa shape index (κ2) is 12.0. The van der Waals surface area contributed by atoms with Crippen molar-refractivity contribution in [2.24, 2.45) is 0 Å². The first-order valence-corrected chi connectivity index (χ1v) is 11.4. The zero-order chi connectivity index (χ0) is 26.2. The molecule has 1 N–H and O–H groups in total. The predicted molar refractivity (Wildman–Crippen MR) is 137 cm³/mol. The van der Waals surface area contributed by atoms with E-state index < -0.39 is 11.9 Å². The lowest BCUT2D eigenvalue weighted by Gasteiger charge is -2.16. The van der Waals surface area contributed by atoms with Crippen molar-refractivity contribution in [3.05, 3.63) is 76.3 Å². The molecular formula is C28H31NO7. The lowest BCUT2D eigenvalue weighted by molar-refractivity contribution is 0.0601. The molecule has 0 aliphatic rings. The minimum atomic E-state index is -0.625. The summed E-state index contributed by atoms with van der Waals surface area (Å²) in [5.74, 6) is 0.999. The molecule has 8 heteroatoms. The van der Waals surface area contributed by atoms with E-state index in [-0.39, 0.29) is 17.9 Å². The molecule has 3 aromatic rings. The van der Waals surface area contributed by atoms with E-state index in [9.17, 15) is 9.59 Å². The number of esters is 1. The van der Waals surface area contributed by atoms with Gasteiger partial charge in [-0.2, -0.15) is 0 Å². The van der Waals surface area contributed by atoms with Crippen LogP contribution in [0.15, 0.2) is 48.5 Å². The molecule has 0 fully saturated rings. The molecule has 0 aromatic heterocycles. The zero-order valence-corrected chi connectivity index (χ0v) is 21.4. The highest BCUT2D eigenvalue weighted by molar-refractivity contribution is 6.08. The number of nitrogens with one attached hydrogen (secondary N) is 1. The fourth-order valence-electron chi connectivity index (χ4n) is 3.76. The zero-order valence-electron chi connectivity index (χ0n) is 21.4. The molecule has 0 aliphatic heterocycles. The van der Waals surface area contributed by atoms with E-state index in [1.54, 1.807) is 18.2 Å². The van der Waals surface area contributed by atoms with Crippen molar-refractivity contribution in [3.63, 3.8) is 0 Å². The van der Waals surface area contributed by atoms with Gasteiger partial charge in [0.05, 0.1) is 39.2 Å². The highest BCUT2D eigenvalue weighted by Gasteiger charge is 2.20. The molecule has 0 radical (unpaired) electrons. The maximum atomic E-state index is 13.2. The molecule has 0 bridgehead atoms. The van der Waals surface area contributed by atoms with E-state index in [1.165, 1.54) is 33.5 Å². The molecule has 190 valence electrons. The van der Waals surface area contributed by atoms with E-state index in [2.05, 4.69) is 11.4 Å². The maximum absolute atomic E-state index is 13.2. The van der Waals surface area contributed by atoms with E-state index in [0.29, 0.717) is 35.0 Å². The summed E-state index contributed by atoms with van der Waals surface area (Å²) in [5.41, 5.74) is 3.63. The Morgan fingerprint density at radius 1 is 0.806 bits per heavy atom. The van der Waals surface area contributed by atoms with Gasteiger partial charge in [-0.3, -0.25) is 4.79 Å². The monoisotopic (exact) mass is 493 g/mol. The number of hydrogen-bond acceptors (Lipinski definition) is 7. The lowest BCUT2D eigenvalue weighted by atomic mass is 10.1. The highest BCUT2D eigenvalue weighted by Crippen LogP contribution is 2.34. The summed E-state index contributed by atoms with van der Waals surface area (Å²) in [5, 5.41) is 2.78. The van der Waals surface area contributed by atoms with Crippen LogP contribution in [0.2, 0.25) is 0 Å². The van der Waals surface area contributed by atoms with Crippen molar-refractivity contribution in [2.45, 2.75) is 27.4 Å². The van der Waals surface area contributed by atoms with Gasteiger partial charge in [-0.1, -0.05) is 6.07 Å². The topological polar surface area (TPSA) is 92.3 Å². The molecule has 0 saturated carbocycles. The Balaban J connectivity index is 1.91. The average molecular weight is 494 g/mol. The summed E-state index contributed by atoms with van der Waals surface area (Å²) in [6, 6.07) is 14.0. The molecule has 0 spiro atoms. The van der Waals surface area contributed by atoms with Crippen LogP contribution in [0.5, 0.6) is 23.0 Å². The third-order valence-corrected chi connectivity index (χ3v) is 5.39. The number of carbonyl (C=O) groups excluding carboxylic acids is 2. The summed E-state index contributed by atoms with van der Waals surface area (Å²) in [6.07, 6.45) is 0. The number of hydrogen-bond donors (Lipinski definition) is 1. The molecule has 0 aliphatic carbocycles. The lowest BCUT2D eigenvalue weighted by Crippen LogP contribution is -2.16. The molecule has 3 rings (SSSR count). The van der Waals surface area contributed by atoms with Gasteiger partial charge in [0.1, 0.15) is 18.1 Å². The normalized spacial score (nSPS) is 10.4. The molecule has 0 heterocycles. The number of ether oxygens (including phenoxy) is 5. The smallest absolute Gasteiger partial charge is 0.340 e. The van der Waals surface area contributed by atoms with Gasteiger partial charge >= 0.3 is 5.97 Å². The van der Waals surface area contributed by atoms with Crippen LogP contribution in [0.1, 0.15) is 44.3 Å². The summed E-state index contributed by atoms with van der Waals surface area (Å²) in [6.45, 7) is 6.58. The summed E-state index contributed by atoms with van der Waals surface area (Å²) >= 11 is 0. The molecule has 36 heavy (non-hydrogen) atoms. The quantitative estimate of drug-likeness (QED) is 0.381. The minimum absolute atomic E-state index is 0.132. The van der Waals surface area contributed by atoms with E-state index in [1.807, 2.05) is 32.9 Å². The predicted octanol–water partition coefficient (Wildman–Crippen LogP) is 5.34. The van der Waals surface area contributed by atoms with Crippen molar-refractivity contribution in [3.8, 4) is 23.0 Å². The van der Waals surface area contributed by atoms with Crippen molar-refractivity contribution >= 4 is 17.6 Å². The molecule has 0 atom stereocenters. The fourth-order valence-corrected chi connectivity index (χ4v) is 3.76. The van der Waals surface area contributed by atoms with Gasteiger partial charge in [-0.15, -0.1) is 0 Å². The van der Waals surface area contributed by atoms with E-state index >= 15 is 0 Å². The van der Waals surface area contributed by atoms with Gasteiger partial charge in [0.2, 0.25) is 0 Å². The van der Waals surface area contributed by atoms with Gasteiger partial charge in [0, 0.05) is 23.3 Å². The van der Waals surface area contributed by atoms with Gasteiger partial charge in [0.15, 0.2) is 11.5 Å². The number of rotatable bonds is 10. The van der Waals surface area contributed by atoms with Gasteiger partial charge in [-0.25, -0.2) is 4.79 Å². The molecule has 1 amide bonds. The number of methoxy groups -OCH3 is 3. The van der Waals surface area contributed by atoms with Crippen LogP contribution < -0.4 is 24.3 Å². The third kappa shape index (κ3) is 6.27. The van der Waals surface area contributed by atoms with Crippen molar-refractivity contribution in [2.75, 3.05) is 33.3 Å². The molecule has 0 saturated heterocycles. The van der Waals surface area contributed by atoms with Crippen LogP contribution >= 0.6 is 0 Å². The first-order chi connectivity index (χ1) is 17.3. The highest BCUT2D eigenvalue weighted by atomic mass is 16.5. The van der Waals surface area contributed by atoms with Gasteiger partial charge in [-0.05, 0) is 62.2 Å². The van der Waals surface area contributed by atoms with Crippen molar-refractivity contribution in [1.29, 1.82) is 0 Å². The Morgan fingerprint density at radius 2 is 1.47 bits per heavy atom. The van der Waals surface area contributed by atoms with E-state index in [4.69, 9.17) is 23.7 Å². The molecular weight excluding hydrogens is 462 g/mol. The van der Waals surface area contributed by atoms with Crippen LogP contribution in [-0.2, 0) is 11.3 Å². The van der Waals surface area contributed by atoms with Gasteiger partial charge < -0.3 is 29.0 Å². The van der Waals surface area contributed by atoms with E-state index in [0.717, 1.165) is 16.9 Å². The number of aryl methyl sites for hydroxylation is 2. The second-order valence-electron chi connectivity index (χ2n) is 8.07. The van der Waals surface area contributed by atoms with Crippen LogP contribution in [0, 0.1) is 13.8 Å². The van der Waals surface area contributed by atoms with Gasteiger partial charge in [0.25, 0.3) is 5.91 Å². The van der Waals surface area contributed by atoms with Crippen LogP contribution in [-0.4, -0.2) is 39.8 Å². The molecule has 0 unspecified atom stereocenters. The first kappa shape index (κ1) is 26.4. The third-order valence-electron chi connectivity index (χ3n) is 5.39. The Bertz CT molecular complexity index is 1230. The number of carbonyl (C=O) groups is 2. The molecule has 8 nitrogen and oxygen atoms in total. The Labute approximate surface area is 211 Å². The number of benzene rings is 3. The Morgan fingerprint density at radius 3 is 2.08 bits per heavy atom. The SMILES string of the molecule is CCOc1ccc(C(=O)Nc2cc(OC)c(OC)cc2C(=O)OC)cc1COc1cc(C)cc(C)c1. The summed E-state index contributed by atoms with van der Waals surface area (Å²) < 4.78 is 27.2. The van der Waals surface area contributed by atoms with Crippen molar-refractivity contribution in [1.82, 2.24) is 0 Å². The minimum Gasteiger partial charge on any atom is -0.493 e. The Kier molecular flexibility index (Phi) is 8.78. The van der Waals surface area contributed by atoms with Crippen molar-refractivity contribution < 1.29 is 33.3 Å². The Hall–Kier alpha value is -4.20. The maximum Gasteiger partial charge on any atom is 0.340 e. The fraction of sp³-hybridized carbons (Fsp3) is 0.286. The summed E-state index contributed by atoms with van der Waals surface area (Å²) in [4.78, 5) is 25.6.